The fraction of sp³-hybridized carbons (Fsp3) is 0.0526. The van der Waals surface area contributed by atoms with Crippen molar-refractivity contribution in [2.24, 2.45) is 0 Å². The van der Waals surface area contributed by atoms with E-state index in [0.29, 0.717) is 16.4 Å². The van der Waals surface area contributed by atoms with Gasteiger partial charge in [0.05, 0.1) is 0 Å². The molecule has 0 saturated heterocycles. The highest BCUT2D eigenvalue weighted by atomic mass is 35.5. The molecule has 1 amide bonds. The fourth-order valence-corrected chi connectivity index (χ4v) is 2.43. The minimum absolute atomic E-state index is 0.244. The van der Waals surface area contributed by atoms with E-state index in [2.05, 4.69) is 15.6 Å². The topological polar surface area (TPSA) is 54.0 Å². The molecule has 4 nitrogen and oxygen atoms in total. The number of nitrogens with zero attached hydrogens (tertiary/aromatic N) is 1. The summed E-state index contributed by atoms with van der Waals surface area (Å²) in [5.41, 5.74) is 3.22. The number of pyridine rings is 1. The number of hydrogen-bond donors (Lipinski definition) is 2. The lowest BCUT2D eigenvalue weighted by atomic mass is 10.2. The molecule has 0 unspecified atom stereocenters. The Morgan fingerprint density at radius 3 is 2.60 bits per heavy atom. The van der Waals surface area contributed by atoms with Gasteiger partial charge in [-0.3, -0.25) is 9.78 Å². The Morgan fingerprint density at radius 2 is 1.84 bits per heavy atom. The summed E-state index contributed by atoms with van der Waals surface area (Å²) in [5.74, 6) is -0.739. The Balaban J connectivity index is 1.77. The molecule has 0 aliphatic carbocycles. The van der Waals surface area contributed by atoms with E-state index < -0.39 is 0 Å². The van der Waals surface area contributed by atoms with Crippen LogP contribution in [0.15, 0.2) is 60.8 Å². The van der Waals surface area contributed by atoms with Crippen molar-refractivity contribution >= 4 is 34.6 Å². The molecule has 0 aliphatic heterocycles. The highest BCUT2D eigenvalue weighted by Gasteiger charge is 2.10. The van der Waals surface area contributed by atoms with Gasteiger partial charge in [0.15, 0.2) is 0 Å². The molecule has 0 aliphatic rings. The highest BCUT2D eigenvalue weighted by molar-refractivity contribution is 6.31. The molecular weight excluding hydrogens is 341 g/mol. The van der Waals surface area contributed by atoms with Crippen LogP contribution >= 0.6 is 11.6 Å². The summed E-state index contributed by atoms with van der Waals surface area (Å²) in [5, 5.41) is 6.57. The van der Waals surface area contributed by atoms with Crippen molar-refractivity contribution in [2.45, 2.75) is 6.92 Å². The predicted octanol–water partition coefficient (Wildman–Crippen LogP) is 5.18. The van der Waals surface area contributed by atoms with E-state index in [1.165, 1.54) is 24.3 Å². The first kappa shape index (κ1) is 16.9. The van der Waals surface area contributed by atoms with Crippen LogP contribution in [-0.4, -0.2) is 10.9 Å². The second kappa shape index (κ2) is 7.32. The van der Waals surface area contributed by atoms with E-state index in [1.54, 1.807) is 18.3 Å². The quantitative estimate of drug-likeness (QED) is 0.678. The lowest BCUT2D eigenvalue weighted by molar-refractivity contribution is 0.102. The van der Waals surface area contributed by atoms with Crippen molar-refractivity contribution in [2.75, 3.05) is 10.6 Å². The summed E-state index contributed by atoms with van der Waals surface area (Å²) in [6, 6.07) is 14.5. The van der Waals surface area contributed by atoms with Gasteiger partial charge in [-0.25, -0.2) is 4.39 Å². The number of nitrogens with one attached hydrogen (secondary N) is 2. The molecule has 25 heavy (non-hydrogen) atoms. The molecule has 1 aromatic heterocycles. The van der Waals surface area contributed by atoms with Gasteiger partial charge in [-0.05, 0) is 61.0 Å². The number of carbonyl (C=O) groups is 1. The third-order valence-corrected chi connectivity index (χ3v) is 4.05. The second-order valence-electron chi connectivity index (χ2n) is 5.43. The van der Waals surface area contributed by atoms with Crippen molar-refractivity contribution in [3.8, 4) is 0 Å². The molecule has 2 N–H and O–H groups in total. The van der Waals surface area contributed by atoms with Gasteiger partial charge >= 0.3 is 0 Å². The minimum Gasteiger partial charge on any atom is -0.355 e. The molecule has 0 saturated carbocycles. The summed E-state index contributed by atoms with van der Waals surface area (Å²) >= 11 is 6.12. The van der Waals surface area contributed by atoms with Gasteiger partial charge in [0.2, 0.25) is 0 Å². The predicted molar refractivity (Wildman–Crippen MR) is 98.1 cm³/mol. The van der Waals surface area contributed by atoms with Crippen LogP contribution in [0.3, 0.4) is 0 Å². The summed E-state index contributed by atoms with van der Waals surface area (Å²) in [7, 11) is 0. The van der Waals surface area contributed by atoms with E-state index in [-0.39, 0.29) is 17.4 Å². The van der Waals surface area contributed by atoms with Crippen LogP contribution < -0.4 is 10.6 Å². The molecule has 0 radical (unpaired) electrons. The Morgan fingerprint density at radius 1 is 1.08 bits per heavy atom. The third kappa shape index (κ3) is 4.14. The van der Waals surface area contributed by atoms with Crippen molar-refractivity contribution in [1.82, 2.24) is 4.98 Å². The summed E-state index contributed by atoms with van der Waals surface area (Å²) in [6.07, 6.45) is 1.54. The Labute approximate surface area is 149 Å². The average Bonchev–Trinajstić information content (AvgIpc) is 2.61. The third-order valence-electron chi connectivity index (χ3n) is 3.64. The fourth-order valence-electron chi connectivity index (χ4n) is 2.26. The van der Waals surface area contributed by atoms with Gasteiger partial charge in [0.1, 0.15) is 11.5 Å². The second-order valence-corrected chi connectivity index (χ2v) is 5.84. The lowest BCUT2D eigenvalue weighted by Gasteiger charge is -2.11. The molecule has 0 spiro atoms. The molecular formula is C19H15ClFN3O. The molecule has 0 fully saturated rings. The number of amides is 1. The number of halogens is 2. The van der Waals surface area contributed by atoms with Crippen molar-refractivity contribution in [3.63, 3.8) is 0 Å². The van der Waals surface area contributed by atoms with Crippen LogP contribution in [0, 0.1) is 12.7 Å². The van der Waals surface area contributed by atoms with Crippen LogP contribution in [0.4, 0.5) is 21.5 Å². The maximum Gasteiger partial charge on any atom is 0.274 e. The van der Waals surface area contributed by atoms with Crippen LogP contribution in [-0.2, 0) is 0 Å². The molecule has 1 heterocycles. The van der Waals surface area contributed by atoms with Crippen LogP contribution in [0.25, 0.3) is 0 Å². The molecule has 0 bridgehead atoms. The number of aromatic nitrogens is 1. The average molecular weight is 356 g/mol. The molecule has 126 valence electrons. The maximum atomic E-state index is 12.9. The summed E-state index contributed by atoms with van der Waals surface area (Å²) < 4.78 is 12.9. The monoisotopic (exact) mass is 355 g/mol. The standard InChI is InChI=1S/C19H15ClFN3O/c1-12-16(20)3-2-4-17(12)23-15-9-10-22-18(11-15)19(25)24-14-7-5-13(21)6-8-14/h2-11H,1H3,(H,22,23)(H,24,25). The van der Waals surface area contributed by atoms with Gasteiger partial charge in [0, 0.05) is 28.3 Å². The van der Waals surface area contributed by atoms with Crippen molar-refractivity contribution < 1.29 is 9.18 Å². The Hall–Kier alpha value is -2.92. The highest BCUT2D eigenvalue weighted by Crippen LogP contribution is 2.26. The zero-order chi connectivity index (χ0) is 17.8. The maximum absolute atomic E-state index is 12.9. The number of anilines is 3. The minimum atomic E-state index is -0.377. The smallest absolute Gasteiger partial charge is 0.274 e. The number of carbonyl (C=O) groups excluding carboxylic acids is 1. The molecule has 6 heteroatoms. The van der Waals surface area contributed by atoms with Gasteiger partial charge in [-0.1, -0.05) is 17.7 Å². The van der Waals surface area contributed by atoms with Crippen LogP contribution in [0.1, 0.15) is 16.1 Å². The Kier molecular flexibility index (Phi) is 4.95. The molecule has 3 rings (SSSR count). The molecule has 2 aromatic carbocycles. The van der Waals surface area contributed by atoms with Crippen molar-refractivity contribution in [1.29, 1.82) is 0 Å². The first-order chi connectivity index (χ1) is 12.0. The van der Waals surface area contributed by atoms with Crippen LogP contribution in [0.2, 0.25) is 5.02 Å². The van der Waals surface area contributed by atoms with Crippen LogP contribution in [0.5, 0.6) is 0 Å². The van der Waals surface area contributed by atoms with Gasteiger partial charge in [0.25, 0.3) is 5.91 Å². The van der Waals surface area contributed by atoms with E-state index in [9.17, 15) is 9.18 Å². The zero-order valence-electron chi connectivity index (χ0n) is 13.4. The van der Waals surface area contributed by atoms with E-state index in [0.717, 1.165) is 11.3 Å². The van der Waals surface area contributed by atoms with E-state index in [4.69, 9.17) is 11.6 Å². The normalized spacial score (nSPS) is 10.4. The zero-order valence-corrected chi connectivity index (χ0v) is 14.1. The SMILES string of the molecule is Cc1c(Cl)cccc1Nc1ccnc(C(=O)Nc2ccc(F)cc2)c1. The molecule has 0 atom stereocenters. The van der Waals surface area contributed by atoms with E-state index >= 15 is 0 Å². The number of rotatable bonds is 4. The number of hydrogen-bond acceptors (Lipinski definition) is 3. The van der Waals surface area contributed by atoms with Gasteiger partial charge in [-0.2, -0.15) is 0 Å². The first-order valence-corrected chi connectivity index (χ1v) is 7.96. The van der Waals surface area contributed by atoms with Crippen molar-refractivity contribution in [3.05, 3.63) is 82.9 Å². The van der Waals surface area contributed by atoms with Gasteiger partial charge in [-0.15, -0.1) is 0 Å². The largest absolute Gasteiger partial charge is 0.355 e. The van der Waals surface area contributed by atoms with Gasteiger partial charge < -0.3 is 10.6 Å². The first-order valence-electron chi connectivity index (χ1n) is 7.58. The lowest BCUT2D eigenvalue weighted by Crippen LogP contribution is -2.13. The van der Waals surface area contributed by atoms with E-state index in [1.807, 2.05) is 25.1 Å². The summed E-state index contributed by atoms with van der Waals surface area (Å²) in [4.78, 5) is 16.4. The number of benzene rings is 2. The Bertz CT molecular complexity index is 913. The summed E-state index contributed by atoms with van der Waals surface area (Å²) in [6.45, 7) is 1.91. The molecule has 3 aromatic rings.